The molecule has 168 valence electrons. The molecule has 0 unspecified atom stereocenters. The predicted octanol–water partition coefficient (Wildman–Crippen LogP) is 3.94. The number of hydrogen-bond donors (Lipinski definition) is 0. The van der Waals surface area contributed by atoms with Gasteiger partial charge < -0.3 is 23.7 Å². The van der Waals surface area contributed by atoms with Gasteiger partial charge in [-0.2, -0.15) is 5.26 Å². The van der Waals surface area contributed by atoms with Crippen LogP contribution in [-0.2, 0) is 14.3 Å². The summed E-state index contributed by atoms with van der Waals surface area (Å²) in [7, 11) is 2.99. The highest BCUT2D eigenvalue weighted by molar-refractivity contribution is 5.98. The Hall–Kier alpha value is -3.99. The summed E-state index contributed by atoms with van der Waals surface area (Å²) in [4.78, 5) is 24.0. The van der Waals surface area contributed by atoms with Crippen molar-refractivity contribution in [2.24, 2.45) is 0 Å². The van der Waals surface area contributed by atoms with Gasteiger partial charge in [0.25, 0.3) is 0 Å². The molecule has 0 aromatic heterocycles. The van der Waals surface area contributed by atoms with E-state index in [1.807, 2.05) is 18.2 Å². The van der Waals surface area contributed by atoms with Crippen LogP contribution in [0.3, 0.4) is 0 Å². The molecule has 8 heteroatoms. The van der Waals surface area contributed by atoms with Crippen LogP contribution < -0.4 is 18.9 Å². The number of hydrogen-bond acceptors (Lipinski definition) is 8. The van der Waals surface area contributed by atoms with E-state index >= 15 is 0 Å². The Balaban J connectivity index is 1.95. The molecule has 0 fully saturated rings. The molecule has 2 rings (SSSR count). The van der Waals surface area contributed by atoms with Crippen molar-refractivity contribution in [3.63, 3.8) is 0 Å². The minimum absolute atomic E-state index is 0.140. The number of esters is 2. The number of benzene rings is 2. The summed E-state index contributed by atoms with van der Waals surface area (Å²) in [6.45, 7) is 2.14. The second-order valence-corrected chi connectivity index (χ2v) is 6.38. The van der Waals surface area contributed by atoms with Crippen LogP contribution in [0.4, 0.5) is 0 Å². The van der Waals surface area contributed by atoms with E-state index in [0.29, 0.717) is 35.8 Å². The molecule has 0 aliphatic rings. The van der Waals surface area contributed by atoms with Crippen LogP contribution in [-0.4, -0.2) is 39.4 Å². The lowest BCUT2D eigenvalue weighted by molar-refractivity contribution is -0.138. The van der Waals surface area contributed by atoms with Crippen molar-refractivity contribution >= 4 is 18.0 Å². The first-order chi connectivity index (χ1) is 15.5. The lowest BCUT2D eigenvalue weighted by Crippen LogP contribution is -2.11. The van der Waals surface area contributed by atoms with E-state index in [1.54, 1.807) is 38.3 Å². The fourth-order valence-corrected chi connectivity index (χ4v) is 2.68. The van der Waals surface area contributed by atoms with E-state index in [1.165, 1.54) is 19.3 Å². The highest BCUT2D eigenvalue weighted by Gasteiger charge is 2.13. The predicted molar refractivity (Wildman–Crippen MR) is 117 cm³/mol. The summed E-state index contributed by atoms with van der Waals surface area (Å²) in [6, 6.07) is 13.8. The van der Waals surface area contributed by atoms with E-state index in [4.69, 9.17) is 28.9 Å². The molecule has 32 heavy (non-hydrogen) atoms. The quantitative estimate of drug-likeness (QED) is 0.170. The first kappa shape index (κ1) is 24.3. The highest BCUT2D eigenvalue weighted by Crippen LogP contribution is 2.30. The van der Waals surface area contributed by atoms with Gasteiger partial charge in [0.05, 0.1) is 27.4 Å². The molecule has 0 radical (unpaired) electrons. The third kappa shape index (κ3) is 7.06. The second-order valence-electron chi connectivity index (χ2n) is 6.38. The van der Waals surface area contributed by atoms with Crippen LogP contribution in [0, 0.1) is 11.3 Å². The van der Waals surface area contributed by atoms with Gasteiger partial charge in [-0.25, -0.2) is 4.79 Å². The van der Waals surface area contributed by atoms with E-state index < -0.39 is 11.9 Å². The topological polar surface area (TPSA) is 104 Å². The number of ether oxygens (including phenoxy) is 5. The van der Waals surface area contributed by atoms with Gasteiger partial charge in [0, 0.05) is 6.42 Å². The summed E-state index contributed by atoms with van der Waals surface area (Å²) in [5, 5.41) is 9.15. The SMILES string of the molecule is CCOC(=O)/C(C#N)=C/c1ccc(OC(=O)CCCOc2ccccc2OC)c(OC)c1. The van der Waals surface area contributed by atoms with Gasteiger partial charge in [0.15, 0.2) is 23.0 Å². The lowest BCUT2D eigenvalue weighted by atomic mass is 10.1. The molecular weight excluding hydrogens is 414 g/mol. The zero-order chi connectivity index (χ0) is 23.3. The van der Waals surface area contributed by atoms with Crippen LogP contribution in [0.1, 0.15) is 25.3 Å². The van der Waals surface area contributed by atoms with Crippen LogP contribution in [0.25, 0.3) is 6.08 Å². The summed E-state index contributed by atoms with van der Waals surface area (Å²) in [6.07, 6.45) is 1.97. The summed E-state index contributed by atoms with van der Waals surface area (Å²) >= 11 is 0. The number of nitrogens with zero attached hydrogens (tertiary/aromatic N) is 1. The Morgan fingerprint density at radius 3 is 2.38 bits per heavy atom. The average molecular weight is 439 g/mol. The average Bonchev–Trinajstić information content (AvgIpc) is 2.81. The fraction of sp³-hybridized carbons (Fsp3) is 0.292. The van der Waals surface area contributed by atoms with Crippen molar-refractivity contribution in [1.82, 2.24) is 0 Å². The van der Waals surface area contributed by atoms with Crippen molar-refractivity contribution in [2.75, 3.05) is 27.4 Å². The number of carbonyl (C=O) groups excluding carboxylic acids is 2. The normalized spacial score (nSPS) is 10.6. The van der Waals surface area contributed by atoms with Gasteiger partial charge in [-0.15, -0.1) is 0 Å². The minimum Gasteiger partial charge on any atom is -0.493 e. The number of nitriles is 1. The molecule has 2 aromatic rings. The molecule has 0 bridgehead atoms. The smallest absolute Gasteiger partial charge is 0.348 e. The Morgan fingerprint density at radius 2 is 1.72 bits per heavy atom. The van der Waals surface area contributed by atoms with Crippen LogP contribution >= 0.6 is 0 Å². The van der Waals surface area contributed by atoms with Crippen molar-refractivity contribution in [3.05, 3.63) is 53.6 Å². The first-order valence-corrected chi connectivity index (χ1v) is 9.95. The van der Waals surface area contributed by atoms with E-state index in [0.717, 1.165) is 0 Å². The maximum Gasteiger partial charge on any atom is 0.348 e. The number of carbonyl (C=O) groups is 2. The monoisotopic (exact) mass is 439 g/mol. The van der Waals surface area contributed by atoms with E-state index in [2.05, 4.69) is 0 Å². The zero-order valence-corrected chi connectivity index (χ0v) is 18.3. The standard InChI is InChI=1S/C24H25NO7/c1-4-30-24(27)18(16-25)14-17-11-12-21(22(15-17)29-3)32-23(26)10-7-13-31-20-9-6-5-8-19(20)28-2/h5-6,8-9,11-12,14-15H,4,7,10,13H2,1-3H3/b18-14+. The maximum absolute atomic E-state index is 12.2. The van der Waals surface area contributed by atoms with Gasteiger partial charge in [0.2, 0.25) is 0 Å². The Kier molecular flexibility index (Phi) is 9.60. The molecule has 0 aliphatic heterocycles. The molecule has 0 aliphatic carbocycles. The molecular formula is C24H25NO7. The molecule has 0 saturated carbocycles. The minimum atomic E-state index is -0.709. The molecule has 2 aromatic carbocycles. The lowest BCUT2D eigenvalue weighted by Gasteiger charge is -2.11. The largest absolute Gasteiger partial charge is 0.493 e. The number of methoxy groups -OCH3 is 2. The summed E-state index contributed by atoms with van der Waals surface area (Å²) in [5.74, 6) is 0.595. The van der Waals surface area contributed by atoms with Crippen molar-refractivity contribution in [2.45, 2.75) is 19.8 Å². The van der Waals surface area contributed by atoms with Gasteiger partial charge in [-0.1, -0.05) is 18.2 Å². The molecule has 8 nitrogen and oxygen atoms in total. The van der Waals surface area contributed by atoms with Gasteiger partial charge >= 0.3 is 11.9 Å². The Labute approximate surface area is 186 Å². The molecule has 0 amide bonds. The third-order valence-corrected chi connectivity index (χ3v) is 4.19. The number of rotatable bonds is 11. The molecule has 0 heterocycles. The van der Waals surface area contributed by atoms with Gasteiger partial charge in [-0.3, -0.25) is 4.79 Å². The van der Waals surface area contributed by atoms with Crippen LogP contribution in [0.15, 0.2) is 48.0 Å². The van der Waals surface area contributed by atoms with Crippen LogP contribution in [0.2, 0.25) is 0 Å². The van der Waals surface area contributed by atoms with Gasteiger partial charge in [-0.05, 0) is 49.2 Å². The van der Waals surface area contributed by atoms with Crippen molar-refractivity contribution in [1.29, 1.82) is 5.26 Å². The third-order valence-electron chi connectivity index (χ3n) is 4.19. The Morgan fingerprint density at radius 1 is 1.00 bits per heavy atom. The summed E-state index contributed by atoms with van der Waals surface area (Å²) < 4.78 is 26.4. The van der Waals surface area contributed by atoms with E-state index in [9.17, 15) is 9.59 Å². The number of para-hydroxylation sites is 2. The molecule has 0 spiro atoms. The van der Waals surface area contributed by atoms with Gasteiger partial charge in [0.1, 0.15) is 11.6 Å². The zero-order valence-electron chi connectivity index (χ0n) is 18.3. The van der Waals surface area contributed by atoms with Crippen LogP contribution in [0.5, 0.6) is 23.0 Å². The summed E-state index contributed by atoms with van der Waals surface area (Å²) in [5.41, 5.74) is 0.380. The van der Waals surface area contributed by atoms with E-state index in [-0.39, 0.29) is 24.4 Å². The molecule has 0 N–H and O–H groups in total. The Bertz CT molecular complexity index is 1010. The fourth-order valence-electron chi connectivity index (χ4n) is 2.68. The highest BCUT2D eigenvalue weighted by atomic mass is 16.6. The van der Waals surface area contributed by atoms with Crippen molar-refractivity contribution < 1.29 is 33.3 Å². The second kappa shape index (κ2) is 12.6. The molecule has 0 atom stereocenters. The molecule has 0 saturated heterocycles. The first-order valence-electron chi connectivity index (χ1n) is 9.95. The maximum atomic E-state index is 12.2. The van der Waals surface area contributed by atoms with Crippen molar-refractivity contribution in [3.8, 4) is 29.1 Å².